The SMILES string of the molecule is Cc1ccc(C(=O)NCC2CCC2)cc1Br. The summed E-state index contributed by atoms with van der Waals surface area (Å²) in [7, 11) is 0. The maximum Gasteiger partial charge on any atom is 0.251 e. The Morgan fingerprint density at radius 2 is 2.25 bits per heavy atom. The van der Waals surface area contributed by atoms with E-state index >= 15 is 0 Å². The summed E-state index contributed by atoms with van der Waals surface area (Å²) in [5, 5.41) is 2.99. The lowest BCUT2D eigenvalue weighted by Gasteiger charge is -2.25. The zero-order valence-corrected chi connectivity index (χ0v) is 11.0. The molecule has 0 heterocycles. The lowest BCUT2D eigenvalue weighted by atomic mass is 9.85. The van der Waals surface area contributed by atoms with Crippen LogP contribution in [-0.2, 0) is 0 Å². The van der Waals surface area contributed by atoms with Gasteiger partial charge in [-0.15, -0.1) is 0 Å². The van der Waals surface area contributed by atoms with Crippen LogP contribution < -0.4 is 5.32 Å². The molecule has 1 aliphatic rings. The van der Waals surface area contributed by atoms with E-state index in [-0.39, 0.29) is 5.91 Å². The maximum absolute atomic E-state index is 11.8. The molecule has 1 aromatic carbocycles. The fourth-order valence-electron chi connectivity index (χ4n) is 1.77. The van der Waals surface area contributed by atoms with Crippen molar-refractivity contribution < 1.29 is 4.79 Å². The average molecular weight is 282 g/mol. The second-order valence-electron chi connectivity index (χ2n) is 4.47. The molecular weight excluding hydrogens is 266 g/mol. The highest BCUT2D eigenvalue weighted by atomic mass is 79.9. The number of carbonyl (C=O) groups excluding carboxylic acids is 1. The monoisotopic (exact) mass is 281 g/mol. The Bertz CT molecular complexity index is 399. The van der Waals surface area contributed by atoms with Crippen LogP contribution in [0.2, 0.25) is 0 Å². The van der Waals surface area contributed by atoms with Crippen LogP contribution in [0, 0.1) is 12.8 Å². The number of halogens is 1. The third-order valence-corrected chi connectivity index (χ3v) is 4.06. The van der Waals surface area contributed by atoms with E-state index in [9.17, 15) is 4.79 Å². The van der Waals surface area contributed by atoms with E-state index in [1.807, 2.05) is 25.1 Å². The van der Waals surface area contributed by atoms with Crippen LogP contribution in [-0.4, -0.2) is 12.5 Å². The Hall–Kier alpha value is -0.830. The molecule has 0 radical (unpaired) electrons. The van der Waals surface area contributed by atoms with Gasteiger partial charge in [-0.2, -0.15) is 0 Å². The molecule has 1 aromatic rings. The van der Waals surface area contributed by atoms with Crippen molar-refractivity contribution in [2.24, 2.45) is 5.92 Å². The van der Waals surface area contributed by atoms with Crippen molar-refractivity contribution in [1.82, 2.24) is 5.32 Å². The van der Waals surface area contributed by atoms with Crippen molar-refractivity contribution in [3.63, 3.8) is 0 Å². The largest absolute Gasteiger partial charge is 0.352 e. The standard InChI is InChI=1S/C13H16BrNO/c1-9-5-6-11(7-12(9)14)13(16)15-8-10-3-2-4-10/h5-7,10H,2-4,8H2,1H3,(H,15,16). The molecule has 2 nitrogen and oxygen atoms in total. The van der Waals surface area contributed by atoms with Crippen LogP contribution in [0.5, 0.6) is 0 Å². The maximum atomic E-state index is 11.8. The lowest BCUT2D eigenvalue weighted by Crippen LogP contribution is -2.32. The van der Waals surface area contributed by atoms with Gasteiger partial charge in [-0.1, -0.05) is 28.4 Å². The van der Waals surface area contributed by atoms with Crippen molar-refractivity contribution in [3.8, 4) is 0 Å². The highest BCUT2D eigenvalue weighted by Gasteiger charge is 2.18. The molecule has 0 aromatic heterocycles. The minimum Gasteiger partial charge on any atom is -0.352 e. The van der Waals surface area contributed by atoms with Gasteiger partial charge in [-0.05, 0) is 43.4 Å². The Labute approximate surface area is 105 Å². The summed E-state index contributed by atoms with van der Waals surface area (Å²) in [5.41, 5.74) is 1.88. The molecule has 86 valence electrons. The topological polar surface area (TPSA) is 29.1 Å². The van der Waals surface area contributed by atoms with E-state index < -0.39 is 0 Å². The second kappa shape index (κ2) is 5.00. The highest BCUT2D eigenvalue weighted by molar-refractivity contribution is 9.10. The molecule has 0 unspecified atom stereocenters. The van der Waals surface area contributed by atoms with Crippen molar-refractivity contribution in [1.29, 1.82) is 0 Å². The molecule has 0 bridgehead atoms. The molecule has 0 saturated heterocycles. The molecule has 1 N–H and O–H groups in total. The van der Waals surface area contributed by atoms with E-state index in [0.717, 1.165) is 22.1 Å². The van der Waals surface area contributed by atoms with Gasteiger partial charge >= 0.3 is 0 Å². The van der Waals surface area contributed by atoms with Crippen molar-refractivity contribution in [3.05, 3.63) is 33.8 Å². The molecule has 3 heteroatoms. The predicted octanol–water partition coefficient (Wildman–Crippen LogP) is 3.29. The molecule has 2 rings (SSSR count). The van der Waals surface area contributed by atoms with Crippen LogP contribution in [0.3, 0.4) is 0 Å². The second-order valence-corrected chi connectivity index (χ2v) is 5.33. The molecule has 0 atom stereocenters. The Morgan fingerprint density at radius 1 is 1.50 bits per heavy atom. The summed E-state index contributed by atoms with van der Waals surface area (Å²) < 4.78 is 0.990. The van der Waals surface area contributed by atoms with Gasteiger partial charge in [0.1, 0.15) is 0 Å². The van der Waals surface area contributed by atoms with Gasteiger partial charge in [0.2, 0.25) is 0 Å². The molecule has 1 saturated carbocycles. The lowest BCUT2D eigenvalue weighted by molar-refractivity contribution is 0.0939. The predicted molar refractivity (Wildman–Crippen MR) is 68.6 cm³/mol. The third kappa shape index (κ3) is 2.64. The molecule has 1 fully saturated rings. The first kappa shape index (κ1) is 11.6. The zero-order valence-electron chi connectivity index (χ0n) is 9.42. The van der Waals surface area contributed by atoms with Gasteiger partial charge in [-0.3, -0.25) is 4.79 Å². The van der Waals surface area contributed by atoms with Crippen LogP contribution >= 0.6 is 15.9 Å². The molecule has 0 spiro atoms. The average Bonchev–Trinajstić information content (AvgIpc) is 2.19. The third-order valence-electron chi connectivity index (χ3n) is 3.21. The first-order valence-corrected chi connectivity index (χ1v) is 6.50. The minimum atomic E-state index is 0.0348. The van der Waals surface area contributed by atoms with E-state index in [2.05, 4.69) is 21.2 Å². The number of hydrogen-bond donors (Lipinski definition) is 1. The Balaban J connectivity index is 1.94. The number of nitrogens with one attached hydrogen (secondary N) is 1. The first-order chi connectivity index (χ1) is 7.66. The smallest absolute Gasteiger partial charge is 0.251 e. The number of carbonyl (C=O) groups is 1. The van der Waals surface area contributed by atoms with Crippen molar-refractivity contribution in [2.75, 3.05) is 6.54 Å². The van der Waals surface area contributed by atoms with Crippen molar-refractivity contribution in [2.45, 2.75) is 26.2 Å². The highest BCUT2D eigenvalue weighted by Crippen LogP contribution is 2.25. The van der Waals surface area contributed by atoms with E-state index in [4.69, 9.17) is 0 Å². The number of benzene rings is 1. The number of aryl methyl sites for hydroxylation is 1. The summed E-state index contributed by atoms with van der Waals surface area (Å²) in [6.07, 6.45) is 3.84. The fourth-order valence-corrected chi connectivity index (χ4v) is 2.15. The van der Waals surface area contributed by atoms with E-state index in [1.54, 1.807) is 0 Å². The quantitative estimate of drug-likeness (QED) is 0.905. The van der Waals surface area contributed by atoms with Gasteiger partial charge < -0.3 is 5.32 Å². The molecule has 1 aliphatic carbocycles. The Kier molecular flexibility index (Phi) is 3.64. The van der Waals surface area contributed by atoms with Gasteiger partial charge in [-0.25, -0.2) is 0 Å². The van der Waals surface area contributed by atoms with Gasteiger partial charge in [0.15, 0.2) is 0 Å². The molecule has 1 amide bonds. The summed E-state index contributed by atoms with van der Waals surface area (Å²) >= 11 is 3.44. The van der Waals surface area contributed by atoms with Crippen LogP contribution in [0.25, 0.3) is 0 Å². The molecule has 0 aliphatic heterocycles. The van der Waals surface area contributed by atoms with Crippen molar-refractivity contribution >= 4 is 21.8 Å². The van der Waals surface area contributed by atoms with Crippen LogP contribution in [0.15, 0.2) is 22.7 Å². The number of rotatable bonds is 3. The first-order valence-electron chi connectivity index (χ1n) is 5.71. The van der Waals surface area contributed by atoms with E-state index in [1.165, 1.54) is 19.3 Å². The Morgan fingerprint density at radius 3 is 2.81 bits per heavy atom. The normalized spacial score (nSPS) is 15.6. The van der Waals surface area contributed by atoms with Crippen LogP contribution in [0.4, 0.5) is 0 Å². The summed E-state index contributed by atoms with van der Waals surface area (Å²) in [6, 6.07) is 5.71. The van der Waals surface area contributed by atoms with Gasteiger partial charge in [0, 0.05) is 16.6 Å². The fraction of sp³-hybridized carbons (Fsp3) is 0.462. The van der Waals surface area contributed by atoms with Gasteiger partial charge in [0.25, 0.3) is 5.91 Å². The number of hydrogen-bond acceptors (Lipinski definition) is 1. The van der Waals surface area contributed by atoms with E-state index in [0.29, 0.717) is 5.92 Å². The minimum absolute atomic E-state index is 0.0348. The summed E-state index contributed by atoms with van der Waals surface area (Å²) in [6.45, 7) is 2.84. The molecular formula is C13H16BrNO. The van der Waals surface area contributed by atoms with Crippen LogP contribution in [0.1, 0.15) is 35.2 Å². The van der Waals surface area contributed by atoms with Gasteiger partial charge in [0.05, 0.1) is 0 Å². The number of amides is 1. The zero-order chi connectivity index (χ0) is 11.5. The summed E-state index contributed by atoms with van der Waals surface area (Å²) in [5.74, 6) is 0.741. The molecule has 16 heavy (non-hydrogen) atoms. The summed E-state index contributed by atoms with van der Waals surface area (Å²) in [4.78, 5) is 11.8.